The van der Waals surface area contributed by atoms with E-state index < -0.39 is 0 Å². The monoisotopic (exact) mass is 224 g/mol. The Morgan fingerprint density at radius 1 is 1.50 bits per heavy atom. The Morgan fingerprint density at radius 3 is 2.88 bits per heavy atom. The van der Waals surface area contributed by atoms with Crippen molar-refractivity contribution in [3.05, 3.63) is 32.6 Å². The van der Waals surface area contributed by atoms with Gasteiger partial charge in [-0.25, -0.2) is 4.79 Å². The van der Waals surface area contributed by atoms with Crippen molar-refractivity contribution in [3.63, 3.8) is 0 Å². The second-order valence-corrected chi connectivity index (χ2v) is 4.49. The molecule has 0 aromatic carbocycles. The normalized spacial score (nSPS) is 24.9. The van der Waals surface area contributed by atoms with E-state index in [2.05, 4.69) is 4.98 Å². The summed E-state index contributed by atoms with van der Waals surface area (Å²) in [5.41, 5.74) is -0.121. The molecule has 2 atom stereocenters. The van der Waals surface area contributed by atoms with Crippen LogP contribution in [0, 0.1) is 12.8 Å². The standard InChI is InChI=1S/C11H16N2O3/c1-7-5-13(11(16)12-10(7)15)9-3-2-8(4-9)6-14/h5,8-9,14H,2-4,6H2,1H3,(H,12,15,16)/t8-,9-/m1/s1. The predicted molar refractivity (Wildman–Crippen MR) is 59.5 cm³/mol. The highest BCUT2D eigenvalue weighted by atomic mass is 16.3. The van der Waals surface area contributed by atoms with Crippen molar-refractivity contribution in [2.45, 2.75) is 32.2 Å². The molecule has 5 nitrogen and oxygen atoms in total. The van der Waals surface area contributed by atoms with Crippen molar-refractivity contribution in [2.75, 3.05) is 6.61 Å². The molecule has 0 amide bonds. The Morgan fingerprint density at radius 2 is 2.25 bits per heavy atom. The van der Waals surface area contributed by atoms with E-state index in [9.17, 15) is 9.59 Å². The molecule has 0 bridgehead atoms. The minimum atomic E-state index is -0.348. The van der Waals surface area contributed by atoms with Crippen molar-refractivity contribution in [1.82, 2.24) is 9.55 Å². The van der Waals surface area contributed by atoms with Gasteiger partial charge in [-0.1, -0.05) is 0 Å². The molecule has 0 saturated heterocycles. The molecule has 16 heavy (non-hydrogen) atoms. The molecule has 0 aliphatic heterocycles. The van der Waals surface area contributed by atoms with Crippen LogP contribution in [0.5, 0.6) is 0 Å². The molecule has 1 heterocycles. The maximum absolute atomic E-state index is 11.6. The Bertz CT molecular complexity index is 489. The second kappa shape index (κ2) is 4.25. The summed E-state index contributed by atoms with van der Waals surface area (Å²) < 4.78 is 1.59. The van der Waals surface area contributed by atoms with Gasteiger partial charge in [-0.3, -0.25) is 14.3 Å². The van der Waals surface area contributed by atoms with E-state index in [4.69, 9.17) is 5.11 Å². The number of aliphatic hydroxyl groups excluding tert-OH is 1. The molecular formula is C11H16N2O3. The number of rotatable bonds is 2. The zero-order chi connectivity index (χ0) is 11.7. The number of aryl methyl sites for hydroxylation is 1. The van der Waals surface area contributed by atoms with E-state index in [1.807, 2.05) is 0 Å². The molecule has 1 aromatic rings. The quantitative estimate of drug-likeness (QED) is 0.752. The van der Waals surface area contributed by atoms with Crippen LogP contribution in [0.1, 0.15) is 30.9 Å². The van der Waals surface area contributed by atoms with Crippen molar-refractivity contribution in [2.24, 2.45) is 5.92 Å². The molecule has 1 aliphatic rings. The molecule has 1 fully saturated rings. The van der Waals surface area contributed by atoms with Gasteiger partial charge in [0.2, 0.25) is 0 Å². The van der Waals surface area contributed by atoms with E-state index in [0.29, 0.717) is 5.56 Å². The lowest BCUT2D eigenvalue weighted by Crippen LogP contribution is -2.32. The molecule has 0 radical (unpaired) electrons. The first-order valence-corrected chi connectivity index (χ1v) is 5.54. The Hall–Kier alpha value is -1.36. The van der Waals surface area contributed by atoms with Gasteiger partial charge in [0.05, 0.1) is 0 Å². The third kappa shape index (κ3) is 1.95. The highest BCUT2D eigenvalue weighted by Crippen LogP contribution is 2.33. The second-order valence-electron chi connectivity index (χ2n) is 4.49. The van der Waals surface area contributed by atoms with Crippen LogP contribution in [0.15, 0.2) is 15.8 Å². The average molecular weight is 224 g/mol. The summed E-state index contributed by atoms with van der Waals surface area (Å²) in [5.74, 6) is 0.282. The summed E-state index contributed by atoms with van der Waals surface area (Å²) in [5, 5.41) is 9.05. The van der Waals surface area contributed by atoms with E-state index in [-0.39, 0.29) is 29.8 Å². The molecule has 1 aliphatic carbocycles. The van der Waals surface area contributed by atoms with Crippen molar-refractivity contribution < 1.29 is 5.11 Å². The largest absolute Gasteiger partial charge is 0.396 e. The number of H-pyrrole nitrogens is 1. The Kier molecular flexibility index (Phi) is 2.96. The fourth-order valence-electron chi connectivity index (χ4n) is 2.32. The van der Waals surface area contributed by atoms with Gasteiger partial charge in [0, 0.05) is 24.4 Å². The van der Waals surface area contributed by atoms with E-state index in [1.165, 1.54) is 0 Å². The third-order valence-corrected chi connectivity index (χ3v) is 3.31. The molecule has 5 heteroatoms. The van der Waals surface area contributed by atoms with E-state index >= 15 is 0 Å². The van der Waals surface area contributed by atoms with Crippen LogP contribution in [-0.2, 0) is 0 Å². The number of nitrogens with one attached hydrogen (secondary N) is 1. The van der Waals surface area contributed by atoms with Crippen LogP contribution < -0.4 is 11.2 Å². The zero-order valence-corrected chi connectivity index (χ0v) is 9.27. The van der Waals surface area contributed by atoms with Crippen molar-refractivity contribution in [1.29, 1.82) is 0 Å². The minimum Gasteiger partial charge on any atom is -0.396 e. The summed E-state index contributed by atoms with van der Waals surface area (Å²) in [6, 6.07) is 0.111. The number of aromatic amines is 1. The molecule has 1 aromatic heterocycles. The first-order chi connectivity index (χ1) is 7.61. The van der Waals surface area contributed by atoms with E-state index in [0.717, 1.165) is 19.3 Å². The van der Waals surface area contributed by atoms with Gasteiger partial charge >= 0.3 is 5.69 Å². The minimum absolute atomic E-state index is 0.111. The molecule has 0 spiro atoms. The van der Waals surface area contributed by atoms with Crippen molar-refractivity contribution >= 4 is 0 Å². The first-order valence-electron chi connectivity index (χ1n) is 5.54. The van der Waals surface area contributed by atoms with Crippen LogP contribution in [0.3, 0.4) is 0 Å². The number of aromatic nitrogens is 2. The SMILES string of the molecule is Cc1cn([C@@H]2CC[C@@H](CO)C2)c(=O)[nH]c1=O. The highest BCUT2D eigenvalue weighted by Gasteiger charge is 2.26. The van der Waals surface area contributed by atoms with E-state index in [1.54, 1.807) is 17.7 Å². The maximum atomic E-state index is 11.6. The first kappa shape index (κ1) is 11.1. The van der Waals surface area contributed by atoms with Gasteiger partial charge in [0.15, 0.2) is 0 Å². The molecule has 0 unspecified atom stereocenters. The average Bonchev–Trinajstić information content (AvgIpc) is 2.71. The van der Waals surface area contributed by atoms with Gasteiger partial charge in [0.1, 0.15) is 0 Å². The predicted octanol–water partition coefficient (Wildman–Crippen LogP) is 0.179. The zero-order valence-electron chi connectivity index (χ0n) is 9.27. The lowest BCUT2D eigenvalue weighted by Gasteiger charge is -2.13. The smallest absolute Gasteiger partial charge is 0.328 e. The molecule has 2 N–H and O–H groups in total. The van der Waals surface area contributed by atoms with Crippen LogP contribution in [0.4, 0.5) is 0 Å². The Balaban J connectivity index is 2.32. The molecular weight excluding hydrogens is 208 g/mol. The number of hydrogen-bond acceptors (Lipinski definition) is 3. The number of aliphatic hydroxyl groups is 1. The molecule has 1 saturated carbocycles. The number of hydrogen-bond donors (Lipinski definition) is 2. The summed E-state index contributed by atoms with van der Waals surface area (Å²) in [6.45, 7) is 1.86. The topological polar surface area (TPSA) is 75.1 Å². The van der Waals surface area contributed by atoms with Gasteiger partial charge in [-0.2, -0.15) is 0 Å². The highest BCUT2D eigenvalue weighted by molar-refractivity contribution is 5.02. The van der Waals surface area contributed by atoms with Gasteiger partial charge in [-0.05, 0) is 32.1 Å². The van der Waals surface area contributed by atoms with Gasteiger partial charge < -0.3 is 5.11 Å². The summed E-state index contributed by atoms with van der Waals surface area (Å²) >= 11 is 0. The molecule has 2 rings (SSSR count). The van der Waals surface area contributed by atoms with Crippen LogP contribution in [0.25, 0.3) is 0 Å². The van der Waals surface area contributed by atoms with Crippen LogP contribution in [0.2, 0.25) is 0 Å². The van der Waals surface area contributed by atoms with Crippen molar-refractivity contribution in [3.8, 4) is 0 Å². The third-order valence-electron chi connectivity index (χ3n) is 3.31. The summed E-state index contributed by atoms with van der Waals surface area (Å²) in [6.07, 6.45) is 4.25. The number of nitrogens with zero attached hydrogens (tertiary/aromatic N) is 1. The summed E-state index contributed by atoms with van der Waals surface area (Å²) in [7, 11) is 0. The molecule has 88 valence electrons. The van der Waals surface area contributed by atoms with Crippen LogP contribution in [-0.4, -0.2) is 21.3 Å². The fraction of sp³-hybridized carbons (Fsp3) is 0.636. The fourth-order valence-corrected chi connectivity index (χ4v) is 2.32. The van der Waals surface area contributed by atoms with Gasteiger partial charge in [-0.15, -0.1) is 0 Å². The Labute approximate surface area is 92.7 Å². The van der Waals surface area contributed by atoms with Crippen LogP contribution >= 0.6 is 0 Å². The summed E-state index contributed by atoms with van der Waals surface area (Å²) in [4.78, 5) is 25.1. The maximum Gasteiger partial charge on any atom is 0.328 e. The lowest BCUT2D eigenvalue weighted by molar-refractivity contribution is 0.226. The lowest BCUT2D eigenvalue weighted by atomic mass is 10.1. The van der Waals surface area contributed by atoms with Gasteiger partial charge in [0.25, 0.3) is 5.56 Å².